The van der Waals surface area contributed by atoms with Crippen molar-refractivity contribution in [3.8, 4) is 5.75 Å². The van der Waals surface area contributed by atoms with Gasteiger partial charge in [-0.05, 0) is 103 Å². The smallest absolute Gasteiger partial charge is 0.253 e. The van der Waals surface area contributed by atoms with Crippen molar-refractivity contribution in [2.24, 2.45) is 5.73 Å². The average Bonchev–Trinajstić information content (AvgIpc) is 3.07. The Bertz CT molecular complexity index is 1410. The summed E-state index contributed by atoms with van der Waals surface area (Å²) < 4.78 is 18.2. The van der Waals surface area contributed by atoms with E-state index in [0.29, 0.717) is 6.54 Å². The summed E-state index contributed by atoms with van der Waals surface area (Å²) in [6.07, 6.45) is 4.10. The molecule has 0 saturated carbocycles. The Morgan fingerprint density at radius 3 is 2.13 bits per heavy atom. The van der Waals surface area contributed by atoms with Crippen LogP contribution in [0.4, 0.5) is 5.69 Å². The fourth-order valence-corrected chi connectivity index (χ4v) is 6.79. The molecule has 3 aromatic carbocycles. The van der Waals surface area contributed by atoms with E-state index in [1.807, 2.05) is 18.2 Å². The summed E-state index contributed by atoms with van der Waals surface area (Å²) in [5.41, 5.74) is 12.8. The molecule has 3 aliphatic heterocycles. The van der Waals surface area contributed by atoms with Crippen LogP contribution in [0.5, 0.6) is 5.75 Å². The molecule has 1 saturated heterocycles. The van der Waals surface area contributed by atoms with Gasteiger partial charge in [0.25, 0.3) is 5.91 Å². The number of hydrogen-bond donors (Lipinski definition) is 1. The van der Waals surface area contributed by atoms with Gasteiger partial charge in [0, 0.05) is 62.5 Å². The van der Waals surface area contributed by atoms with Crippen molar-refractivity contribution in [1.82, 2.24) is 9.80 Å². The minimum absolute atomic E-state index is 0.0561. The molecule has 2 N–H and O–H groups in total. The van der Waals surface area contributed by atoms with Gasteiger partial charge in [-0.3, -0.25) is 9.69 Å². The molecule has 242 valence electrons. The maximum Gasteiger partial charge on any atom is 0.253 e. The van der Waals surface area contributed by atoms with Gasteiger partial charge in [0.15, 0.2) is 0 Å². The van der Waals surface area contributed by atoms with Crippen LogP contribution in [0, 0.1) is 0 Å². The Balaban J connectivity index is 0.000000238. The third-order valence-electron chi connectivity index (χ3n) is 8.92. The number of ether oxygens (including phenoxy) is 3. The van der Waals surface area contributed by atoms with Crippen molar-refractivity contribution in [3.63, 3.8) is 0 Å². The highest BCUT2D eigenvalue weighted by Gasteiger charge is 2.25. The van der Waals surface area contributed by atoms with Gasteiger partial charge in [0.05, 0.1) is 32.5 Å². The zero-order valence-corrected chi connectivity index (χ0v) is 28.4. The van der Waals surface area contributed by atoms with Crippen LogP contribution in [-0.4, -0.2) is 89.4 Å². The molecular weight excluding hydrogens is 632 g/mol. The maximum absolute atomic E-state index is 12.3. The predicted octanol–water partition coefficient (Wildman–Crippen LogP) is 5.63. The molecule has 3 aliphatic rings. The highest BCUT2D eigenvalue weighted by molar-refractivity contribution is 9.10. The Hall–Kier alpha value is -2.95. The summed E-state index contributed by atoms with van der Waals surface area (Å²) >= 11 is 3.48. The van der Waals surface area contributed by atoms with Gasteiger partial charge in [-0.25, -0.2) is 0 Å². The largest absolute Gasteiger partial charge is 0.497 e. The number of piperazine rings is 1. The molecule has 0 spiro atoms. The van der Waals surface area contributed by atoms with E-state index in [0.717, 1.165) is 87.4 Å². The van der Waals surface area contributed by atoms with Crippen LogP contribution in [0.1, 0.15) is 57.7 Å². The lowest BCUT2D eigenvalue weighted by Gasteiger charge is -2.37. The zero-order valence-electron chi connectivity index (χ0n) is 26.8. The fourth-order valence-electron chi connectivity index (χ4n) is 6.39. The van der Waals surface area contributed by atoms with E-state index in [2.05, 4.69) is 68.2 Å². The fraction of sp³-hybridized carbons (Fsp3) is 0.472. The van der Waals surface area contributed by atoms with E-state index in [9.17, 15) is 4.79 Å². The minimum atomic E-state index is 0.0561. The Labute approximate surface area is 276 Å². The van der Waals surface area contributed by atoms with E-state index < -0.39 is 0 Å². The second-order valence-corrected chi connectivity index (χ2v) is 13.0. The van der Waals surface area contributed by atoms with E-state index in [1.165, 1.54) is 27.9 Å². The van der Waals surface area contributed by atoms with Crippen molar-refractivity contribution < 1.29 is 19.0 Å². The minimum Gasteiger partial charge on any atom is -0.497 e. The molecule has 3 heterocycles. The Morgan fingerprint density at radius 1 is 0.889 bits per heavy atom. The van der Waals surface area contributed by atoms with Crippen LogP contribution in [0.3, 0.4) is 0 Å². The predicted molar refractivity (Wildman–Crippen MR) is 183 cm³/mol. The summed E-state index contributed by atoms with van der Waals surface area (Å²) in [6, 6.07) is 20.8. The quantitative estimate of drug-likeness (QED) is 0.331. The summed E-state index contributed by atoms with van der Waals surface area (Å²) in [4.78, 5) is 18.9. The third-order valence-corrected chi connectivity index (χ3v) is 9.42. The van der Waals surface area contributed by atoms with Crippen molar-refractivity contribution in [3.05, 3.63) is 93.0 Å². The number of nitrogens with zero attached hydrogens (tertiary/aromatic N) is 3. The SMILES string of the molecule is COc1ccc(N2CCN(CCC3OCCc4cc(C(=O)N(C)C)ccc43)CC2)cc1.NCCC1OCCc2cc(Br)ccc21. The van der Waals surface area contributed by atoms with Gasteiger partial charge in [-0.2, -0.15) is 0 Å². The molecule has 6 rings (SSSR count). The lowest BCUT2D eigenvalue weighted by molar-refractivity contribution is 0.0288. The van der Waals surface area contributed by atoms with Crippen LogP contribution in [0.15, 0.2) is 65.1 Å². The lowest BCUT2D eigenvalue weighted by atomic mass is 9.93. The van der Waals surface area contributed by atoms with Gasteiger partial charge in [0.2, 0.25) is 0 Å². The molecule has 3 aromatic rings. The van der Waals surface area contributed by atoms with E-state index in [-0.39, 0.29) is 18.1 Å². The second kappa shape index (κ2) is 16.1. The average molecular weight is 680 g/mol. The summed E-state index contributed by atoms with van der Waals surface area (Å²) in [6.45, 7) is 7.43. The molecule has 0 bridgehead atoms. The van der Waals surface area contributed by atoms with Crippen LogP contribution in [-0.2, 0) is 22.3 Å². The van der Waals surface area contributed by atoms with E-state index in [4.69, 9.17) is 19.9 Å². The van der Waals surface area contributed by atoms with Crippen molar-refractivity contribution in [2.45, 2.75) is 37.9 Å². The summed E-state index contributed by atoms with van der Waals surface area (Å²) in [5.74, 6) is 0.953. The van der Waals surface area contributed by atoms with E-state index >= 15 is 0 Å². The zero-order chi connectivity index (χ0) is 31.8. The highest BCUT2D eigenvalue weighted by atomic mass is 79.9. The molecule has 0 radical (unpaired) electrons. The second-order valence-electron chi connectivity index (χ2n) is 12.1. The van der Waals surface area contributed by atoms with Crippen LogP contribution >= 0.6 is 15.9 Å². The Kier molecular flexibility index (Phi) is 11.9. The van der Waals surface area contributed by atoms with Gasteiger partial charge < -0.3 is 29.7 Å². The van der Waals surface area contributed by atoms with Crippen LogP contribution < -0.4 is 15.4 Å². The molecule has 9 heteroatoms. The number of carbonyl (C=O) groups is 1. The molecule has 0 aromatic heterocycles. The number of fused-ring (bicyclic) bond motifs is 2. The number of methoxy groups -OCH3 is 1. The molecule has 1 amide bonds. The number of amides is 1. The number of hydrogen-bond acceptors (Lipinski definition) is 7. The first-order valence-electron chi connectivity index (χ1n) is 16.0. The molecule has 2 unspecified atom stereocenters. The molecule has 45 heavy (non-hydrogen) atoms. The first kappa shape index (κ1) is 33.4. The van der Waals surface area contributed by atoms with Crippen LogP contribution in [0.25, 0.3) is 0 Å². The maximum atomic E-state index is 12.3. The van der Waals surface area contributed by atoms with Crippen molar-refractivity contribution >= 4 is 27.5 Å². The number of halogens is 1. The molecule has 2 atom stereocenters. The normalized spacial score (nSPS) is 19.5. The van der Waals surface area contributed by atoms with Gasteiger partial charge in [-0.15, -0.1) is 0 Å². The number of benzene rings is 3. The summed E-state index contributed by atoms with van der Waals surface area (Å²) in [5, 5.41) is 0. The molecule has 0 aliphatic carbocycles. The molecular formula is C36H47BrN4O4. The van der Waals surface area contributed by atoms with Crippen LogP contribution in [0.2, 0.25) is 0 Å². The summed E-state index contributed by atoms with van der Waals surface area (Å²) in [7, 11) is 5.29. The molecule has 8 nitrogen and oxygen atoms in total. The van der Waals surface area contributed by atoms with Gasteiger partial charge >= 0.3 is 0 Å². The number of nitrogens with two attached hydrogens (primary N) is 1. The first-order valence-corrected chi connectivity index (χ1v) is 16.8. The van der Waals surface area contributed by atoms with Crippen molar-refractivity contribution in [1.29, 1.82) is 0 Å². The highest BCUT2D eigenvalue weighted by Crippen LogP contribution is 2.32. The third kappa shape index (κ3) is 8.65. The van der Waals surface area contributed by atoms with Gasteiger partial charge in [-0.1, -0.05) is 28.1 Å². The monoisotopic (exact) mass is 678 g/mol. The number of anilines is 1. The van der Waals surface area contributed by atoms with Crippen molar-refractivity contribution in [2.75, 3.05) is 78.6 Å². The number of rotatable bonds is 8. The standard InChI is InChI=1S/C25H33N3O3.C11H14BrNO/c1-26(2)25(29)20-4-9-23-19(18-20)11-17-31-24(23)10-12-27-13-15-28(16-14-27)21-5-7-22(30-3)8-6-21;12-9-1-2-10-8(7-9)4-6-14-11(10)3-5-13/h4-9,18,24H,10-17H2,1-3H3;1-2,7,11H,3-6,13H2. The molecule has 1 fully saturated rings. The van der Waals surface area contributed by atoms with Gasteiger partial charge in [0.1, 0.15) is 5.75 Å². The Morgan fingerprint density at radius 2 is 1.51 bits per heavy atom. The van der Waals surface area contributed by atoms with E-state index in [1.54, 1.807) is 26.1 Å². The first-order chi connectivity index (χ1) is 21.9. The number of carbonyl (C=O) groups excluding carboxylic acids is 1. The lowest BCUT2D eigenvalue weighted by Crippen LogP contribution is -2.46. The topological polar surface area (TPSA) is 80.5 Å².